The lowest BCUT2D eigenvalue weighted by Gasteiger charge is -2.23. The fourth-order valence-electron chi connectivity index (χ4n) is 3.24. The van der Waals surface area contributed by atoms with Gasteiger partial charge >= 0.3 is 0 Å². The van der Waals surface area contributed by atoms with Crippen LogP contribution >= 0.6 is 11.3 Å². The average Bonchev–Trinajstić information content (AvgIpc) is 3.39. The second kappa shape index (κ2) is 9.65. The summed E-state index contributed by atoms with van der Waals surface area (Å²) in [6.45, 7) is 5.00. The third-order valence-electron chi connectivity index (χ3n) is 5.13. The minimum Gasteiger partial charge on any atom is -0.318 e. The van der Waals surface area contributed by atoms with Gasteiger partial charge < -0.3 is 4.57 Å². The van der Waals surface area contributed by atoms with Gasteiger partial charge in [-0.25, -0.2) is 18.4 Å². The Bertz CT molecular complexity index is 999. The van der Waals surface area contributed by atoms with E-state index in [9.17, 15) is 8.42 Å². The van der Waals surface area contributed by atoms with Crippen LogP contribution in [0.25, 0.3) is 0 Å². The topological polar surface area (TPSA) is 68.1 Å². The average molecular weight is 433 g/mol. The van der Waals surface area contributed by atoms with Crippen LogP contribution in [-0.2, 0) is 29.3 Å². The monoisotopic (exact) mass is 432 g/mol. The van der Waals surface area contributed by atoms with E-state index in [-0.39, 0.29) is 17.0 Å². The van der Waals surface area contributed by atoms with Gasteiger partial charge in [-0.15, -0.1) is 11.3 Å². The molecular weight excluding hydrogens is 404 g/mol. The quantitative estimate of drug-likeness (QED) is 0.485. The Morgan fingerprint density at radius 1 is 1.21 bits per heavy atom. The highest BCUT2D eigenvalue weighted by Gasteiger charge is 2.23. The Morgan fingerprint density at radius 3 is 2.62 bits per heavy atom. The molecule has 0 unspecified atom stereocenters. The maximum Gasteiger partial charge on any atom is 0.227 e. The zero-order valence-electron chi connectivity index (χ0n) is 17.2. The number of hydrogen-bond donors (Lipinski definition) is 0. The van der Waals surface area contributed by atoms with Gasteiger partial charge in [0.15, 0.2) is 0 Å². The number of aryl methyl sites for hydroxylation is 1. The van der Waals surface area contributed by atoms with E-state index in [4.69, 9.17) is 0 Å². The first-order valence-electron chi connectivity index (χ1n) is 9.83. The summed E-state index contributed by atoms with van der Waals surface area (Å²) in [4.78, 5) is 10.9. The Kier molecular flexibility index (Phi) is 7.21. The zero-order valence-corrected chi connectivity index (χ0v) is 18.8. The number of rotatable bonds is 10. The molecule has 0 saturated carbocycles. The zero-order chi connectivity index (χ0) is 20.9. The van der Waals surface area contributed by atoms with Gasteiger partial charge in [-0.05, 0) is 32.4 Å². The highest BCUT2D eigenvalue weighted by Crippen LogP contribution is 2.24. The fourth-order valence-corrected chi connectivity index (χ4v) is 5.02. The Hall–Kier alpha value is -2.03. The molecule has 0 spiro atoms. The van der Waals surface area contributed by atoms with E-state index in [2.05, 4.69) is 33.9 Å². The third-order valence-corrected chi connectivity index (χ3v) is 7.72. The van der Waals surface area contributed by atoms with Crippen LogP contribution in [0.4, 0.5) is 0 Å². The van der Waals surface area contributed by atoms with Crippen LogP contribution in [0.3, 0.4) is 0 Å². The molecule has 8 heteroatoms. The van der Waals surface area contributed by atoms with Gasteiger partial charge in [-0.2, -0.15) is 0 Å². The van der Waals surface area contributed by atoms with Crippen molar-refractivity contribution in [2.24, 2.45) is 0 Å². The maximum atomic E-state index is 12.6. The van der Waals surface area contributed by atoms with Crippen LogP contribution < -0.4 is 0 Å². The van der Waals surface area contributed by atoms with Gasteiger partial charge in [-0.3, -0.25) is 4.90 Å². The number of thiazole rings is 1. The Balaban J connectivity index is 1.79. The lowest BCUT2D eigenvalue weighted by molar-refractivity contribution is 0.245. The molecule has 1 aromatic carbocycles. The van der Waals surface area contributed by atoms with E-state index < -0.39 is 9.84 Å². The number of aromatic nitrogens is 3. The molecule has 2 aromatic heterocycles. The molecule has 0 N–H and O–H groups in total. The van der Waals surface area contributed by atoms with Crippen LogP contribution in [0.2, 0.25) is 0 Å². The van der Waals surface area contributed by atoms with E-state index in [1.807, 2.05) is 41.4 Å². The molecule has 3 rings (SSSR count). The molecule has 0 radical (unpaired) electrons. The molecule has 0 saturated heterocycles. The second-order valence-corrected chi connectivity index (χ2v) is 10.2. The molecule has 0 aliphatic carbocycles. The summed E-state index contributed by atoms with van der Waals surface area (Å²) in [5.41, 5.74) is 2.17. The largest absolute Gasteiger partial charge is 0.318 e. The van der Waals surface area contributed by atoms with Crippen molar-refractivity contribution >= 4 is 21.2 Å². The number of imidazole rings is 1. The van der Waals surface area contributed by atoms with Gasteiger partial charge in [0.25, 0.3) is 0 Å². The molecule has 6 nitrogen and oxygen atoms in total. The van der Waals surface area contributed by atoms with Crippen molar-refractivity contribution < 1.29 is 8.42 Å². The summed E-state index contributed by atoms with van der Waals surface area (Å²) in [5, 5.41) is 3.20. The van der Waals surface area contributed by atoms with Crippen molar-refractivity contribution in [3.05, 3.63) is 64.4 Å². The highest BCUT2D eigenvalue weighted by molar-refractivity contribution is 7.91. The lowest BCUT2D eigenvalue weighted by atomic mass is 10.1. The molecule has 0 amide bonds. The molecule has 156 valence electrons. The number of nitrogens with zero attached hydrogens (tertiary/aromatic N) is 4. The molecule has 0 aliphatic heterocycles. The first-order chi connectivity index (χ1) is 13.9. The molecule has 1 atom stereocenters. The van der Waals surface area contributed by atoms with Crippen molar-refractivity contribution in [1.82, 2.24) is 19.4 Å². The van der Waals surface area contributed by atoms with Crippen molar-refractivity contribution in [1.29, 1.82) is 0 Å². The van der Waals surface area contributed by atoms with Crippen LogP contribution in [0.5, 0.6) is 0 Å². The predicted octanol–water partition coefficient (Wildman–Crippen LogP) is 3.96. The molecule has 2 heterocycles. The summed E-state index contributed by atoms with van der Waals surface area (Å²) in [7, 11) is -1.35. The molecule has 29 heavy (non-hydrogen) atoms. The van der Waals surface area contributed by atoms with E-state index in [0.717, 1.165) is 23.5 Å². The van der Waals surface area contributed by atoms with E-state index >= 15 is 0 Å². The minimum atomic E-state index is -3.38. The van der Waals surface area contributed by atoms with Gasteiger partial charge in [0.1, 0.15) is 5.01 Å². The first-order valence-corrected chi connectivity index (χ1v) is 12.4. The number of sulfone groups is 1. The first kappa shape index (κ1) is 21.7. The summed E-state index contributed by atoms with van der Waals surface area (Å²) in [5.74, 6) is 0.0491. The summed E-state index contributed by atoms with van der Waals surface area (Å²) >= 11 is 1.63. The normalized spacial score (nSPS) is 13.1. The minimum absolute atomic E-state index is 0.0491. The lowest BCUT2D eigenvalue weighted by Crippen LogP contribution is -2.24. The summed E-state index contributed by atoms with van der Waals surface area (Å²) in [6.07, 6.45) is 5.26. The molecule has 3 aromatic rings. The Morgan fingerprint density at radius 2 is 1.97 bits per heavy atom. The maximum absolute atomic E-state index is 12.6. The van der Waals surface area contributed by atoms with Crippen molar-refractivity contribution in [3.8, 4) is 0 Å². The standard InChI is InChI=1S/C21H28N4O2S2/c1-4-29(26,27)21-23-15-19(16-24(3)17(2)20-22-12-14-28-20)25(21)13-8-11-18-9-6-5-7-10-18/h5-7,9-10,12,14-15,17H,4,8,11,13,16H2,1-3H3/t17-/m0/s1. The smallest absolute Gasteiger partial charge is 0.227 e. The van der Waals surface area contributed by atoms with Gasteiger partial charge in [0.05, 0.1) is 23.7 Å². The summed E-state index contributed by atoms with van der Waals surface area (Å²) < 4.78 is 27.0. The SMILES string of the molecule is CCS(=O)(=O)c1ncc(CN(C)[C@@H](C)c2nccs2)n1CCCc1ccccc1. The van der Waals surface area contributed by atoms with Crippen LogP contribution in [0, 0.1) is 0 Å². The van der Waals surface area contributed by atoms with E-state index in [1.165, 1.54) is 5.56 Å². The number of benzene rings is 1. The third kappa shape index (κ3) is 5.32. The van der Waals surface area contributed by atoms with Crippen molar-refractivity contribution in [2.75, 3.05) is 12.8 Å². The fraction of sp³-hybridized carbons (Fsp3) is 0.429. The highest BCUT2D eigenvalue weighted by atomic mass is 32.2. The molecule has 0 bridgehead atoms. The predicted molar refractivity (Wildman–Crippen MR) is 117 cm³/mol. The summed E-state index contributed by atoms with van der Waals surface area (Å²) in [6, 6.07) is 10.4. The van der Waals surface area contributed by atoms with Crippen molar-refractivity contribution in [2.45, 2.75) is 51.0 Å². The molecular formula is C21H28N4O2S2. The van der Waals surface area contributed by atoms with Crippen LogP contribution in [0.15, 0.2) is 53.3 Å². The van der Waals surface area contributed by atoms with E-state index in [0.29, 0.717) is 13.1 Å². The van der Waals surface area contributed by atoms with Gasteiger partial charge in [-0.1, -0.05) is 37.3 Å². The van der Waals surface area contributed by atoms with Crippen LogP contribution in [0.1, 0.15) is 42.6 Å². The Labute approximate surface area is 177 Å². The molecule has 0 aliphatic rings. The van der Waals surface area contributed by atoms with Crippen LogP contribution in [-0.4, -0.2) is 40.7 Å². The number of hydrogen-bond acceptors (Lipinski definition) is 6. The molecule has 0 fully saturated rings. The van der Waals surface area contributed by atoms with E-state index in [1.54, 1.807) is 24.5 Å². The second-order valence-electron chi connectivity index (χ2n) is 7.14. The van der Waals surface area contributed by atoms with Crippen molar-refractivity contribution in [3.63, 3.8) is 0 Å². The van der Waals surface area contributed by atoms with Gasteiger partial charge in [0, 0.05) is 24.7 Å². The van der Waals surface area contributed by atoms with Gasteiger partial charge in [0.2, 0.25) is 15.0 Å².